The first-order chi connectivity index (χ1) is 7.34. The van der Waals surface area contributed by atoms with Gasteiger partial charge in [0.05, 0.1) is 31.9 Å². The lowest BCUT2D eigenvalue weighted by atomic mass is 10.1. The monoisotopic (exact) mass is 501 g/mol. The Balaban J connectivity index is -0.00000112. The van der Waals surface area contributed by atoms with E-state index in [4.69, 9.17) is 0 Å². The third-order valence-corrected chi connectivity index (χ3v) is 6.21. The van der Waals surface area contributed by atoms with E-state index in [0.717, 1.165) is 12.1 Å². The van der Waals surface area contributed by atoms with Gasteiger partial charge in [-0.2, -0.15) is 0 Å². The normalized spacial score (nSPS) is 13.2. The van der Waals surface area contributed by atoms with Crippen LogP contribution in [0.5, 0.6) is 0 Å². The van der Waals surface area contributed by atoms with Crippen molar-refractivity contribution in [3.8, 4) is 0 Å². The molecule has 1 unspecified atom stereocenters. The molecule has 0 aliphatic heterocycles. The van der Waals surface area contributed by atoms with Crippen molar-refractivity contribution in [2.75, 3.05) is 31.4 Å². The first-order valence-corrected chi connectivity index (χ1v) is 8.75. The van der Waals surface area contributed by atoms with Gasteiger partial charge in [-0.05, 0) is 51.9 Å². The average Bonchev–Trinajstić information content (AvgIpc) is 2.22. The zero-order valence-electron chi connectivity index (χ0n) is 13.3. The number of nitrogens with zero attached hydrogens (tertiary/aromatic N) is 1. The highest BCUT2D eigenvalue weighted by Crippen LogP contribution is 2.17. The number of unbranched alkanes of at least 4 members (excludes halogenated alkanes) is 1. The summed E-state index contributed by atoms with van der Waals surface area (Å²) in [5, 5.41) is 0. The Labute approximate surface area is 153 Å². The van der Waals surface area contributed by atoms with Crippen molar-refractivity contribution >= 4 is 10.9 Å². The van der Waals surface area contributed by atoms with Gasteiger partial charge in [0.1, 0.15) is 11.5 Å². The summed E-state index contributed by atoms with van der Waals surface area (Å²) < 4.78 is 1.23. The fourth-order valence-corrected chi connectivity index (χ4v) is 3.04. The van der Waals surface area contributed by atoms with E-state index in [1.54, 1.807) is 0 Å². The van der Waals surface area contributed by atoms with Crippen molar-refractivity contribution in [1.29, 1.82) is 0 Å². The van der Waals surface area contributed by atoms with Gasteiger partial charge in [-0.15, -0.1) is 0 Å². The van der Waals surface area contributed by atoms with Crippen LogP contribution in [-0.2, 0) is 10.9 Å². The topological polar surface area (TPSA) is 0 Å². The van der Waals surface area contributed by atoms with Gasteiger partial charge in [-0.1, -0.05) is 0 Å². The van der Waals surface area contributed by atoms with Gasteiger partial charge in [0.25, 0.3) is 0 Å². The van der Waals surface area contributed by atoms with Gasteiger partial charge in [-0.3, -0.25) is 0 Å². The minimum absolute atomic E-state index is 0. The van der Waals surface area contributed by atoms with E-state index in [1.165, 1.54) is 35.4 Å². The predicted molar refractivity (Wildman–Crippen MR) is 79.3 cm³/mol. The van der Waals surface area contributed by atoms with E-state index >= 15 is 0 Å². The van der Waals surface area contributed by atoms with Crippen LogP contribution in [0.15, 0.2) is 0 Å². The van der Waals surface area contributed by atoms with Gasteiger partial charge in [-0.25, -0.2) is 0 Å². The molecule has 0 aliphatic rings. The largest absolute Gasteiger partial charge is 1.00 e. The molecule has 0 fully saturated rings. The van der Waals surface area contributed by atoms with Crippen LogP contribution in [0.2, 0.25) is 0 Å². The van der Waals surface area contributed by atoms with E-state index in [1.807, 2.05) is 0 Å². The molecule has 0 bridgehead atoms. The van der Waals surface area contributed by atoms with Crippen molar-refractivity contribution in [3.05, 3.63) is 0 Å². The molecule has 0 N–H and O–H groups in total. The van der Waals surface area contributed by atoms with Crippen LogP contribution in [0.25, 0.3) is 0 Å². The molecule has 0 rings (SSSR count). The maximum atomic E-state index is 2.42. The molecule has 0 saturated carbocycles. The van der Waals surface area contributed by atoms with Crippen LogP contribution < -0.4 is 48.0 Å². The average molecular weight is 501 g/mol. The zero-order valence-corrected chi connectivity index (χ0v) is 18.4. The molecular weight excluding hydrogens is 468 g/mol. The molecular formula is C14H33I2NS. The Morgan fingerprint density at radius 3 is 1.72 bits per heavy atom. The highest BCUT2D eigenvalue weighted by molar-refractivity contribution is 7.96. The van der Waals surface area contributed by atoms with Crippen LogP contribution in [0.3, 0.4) is 0 Å². The second kappa shape index (κ2) is 12.5. The van der Waals surface area contributed by atoms with Gasteiger partial charge in [0.15, 0.2) is 0 Å². The Bertz CT molecular complexity index is 179. The number of quaternary nitrogens is 1. The molecule has 1 atom stereocenters. The Hall–Kier alpha value is 1.77. The molecule has 0 aromatic heterocycles. The third kappa shape index (κ3) is 8.84. The van der Waals surface area contributed by atoms with Gasteiger partial charge < -0.3 is 52.4 Å². The van der Waals surface area contributed by atoms with Crippen molar-refractivity contribution in [1.82, 2.24) is 0 Å². The highest BCUT2D eigenvalue weighted by atomic mass is 127. The van der Waals surface area contributed by atoms with E-state index in [2.05, 4.69) is 47.9 Å². The lowest BCUT2D eigenvalue weighted by Gasteiger charge is -2.42. The van der Waals surface area contributed by atoms with Crippen LogP contribution in [-0.4, -0.2) is 47.9 Å². The molecule has 0 amide bonds. The molecule has 0 aromatic carbocycles. The summed E-state index contributed by atoms with van der Waals surface area (Å²) >= 11 is 0. The molecule has 0 heterocycles. The standard InChI is InChI=1S/C14H33NS.2HI/c1-8-16(7)12-10-9-11-15(6,13(2)3)14(4)5;;/h13-14H,8-12H2,1-7H3;2*1H/q+2;;/p-2. The summed E-state index contributed by atoms with van der Waals surface area (Å²) in [5.74, 6) is 2.80. The van der Waals surface area contributed by atoms with E-state index in [9.17, 15) is 0 Å². The zero-order chi connectivity index (χ0) is 12.8. The predicted octanol–water partition coefficient (Wildman–Crippen LogP) is -2.69. The Morgan fingerprint density at radius 2 is 1.39 bits per heavy atom. The first-order valence-electron chi connectivity index (χ1n) is 6.78. The van der Waals surface area contributed by atoms with Crippen LogP contribution in [0.4, 0.5) is 0 Å². The second-order valence-corrected chi connectivity index (χ2v) is 8.29. The van der Waals surface area contributed by atoms with Gasteiger partial charge >= 0.3 is 0 Å². The minimum Gasteiger partial charge on any atom is -1.00 e. The van der Waals surface area contributed by atoms with E-state index in [0.29, 0.717) is 10.9 Å². The fraction of sp³-hybridized carbons (Fsp3) is 1.00. The maximum Gasteiger partial charge on any atom is 0.108 e. The number of hydrogen-bond acceptors (Lipinski definition) is 0. The summed E-state index contributed by atoms with van der Waals surface area (Å²) in [7, 11) is 3.08. The Morgan fingerprint density at radius 1 is 0.944 bits per heavy atom. The summed E-state index contributed by atoms with van der Waals surface area (Å²) in [4.78, 5) is 0. The molecule has 0 spiro atoms. The number of hydrogen-bond donors (Lipinski definition) is 0. The molecule has 0 saturated heterocycles. The molecule has 0 radical (unpaired) electrons. The maximum absolute atomic E-state index is 2.42. The smallest absolute Gasteiger partial charge is 0.108 e. The van der Waals surface area contributed by atoms with Crippen LogP contribution >= 0.6 is 0 Å². The van der Waals surface area contributed by atoms with Gasteiger partial charge in [0, 0.05) is 6.42 Å². The molecule has 0 aromatic rings. The third-order valence-electron chi connectivity index (χ3n) is 4.23. The van der Waals surface area contributed by atoms with E-state index in [-0.39, 0.29) is 48.0 Å². The number of rotatable bonds is 8. The van der Waals surface area contributed by atoms with Crippen molar-refractivity contribution < 1.29 is 52.4 Å². The summed E-state index contributed by atoms with van der Waals surface area (Å²) in [6.07, 6.45) is 5.21. The Kier molecular flexibility index (Phi) is 17.2. The van der Waals surface area contributed by atoms with Crippen LogP contribution in [0.1, 0.15) is 47.5 Å². The quantitative estimate of drug-likeness (QED) is 0.147. The molecule has 1 nitrogen and oxygen atoms in total. The highest BCUT2D eigenvalue weighted by Gasteiger charge is 2.28. The van der Waals surface area contributed by atoms with Gasteiger partial charge in [0.2, 0.25) is 0 Å². The van der Waals surface area contributed by atoms with Crippen molar-refractivity contribution in [2.45, 2.75) is 59.5 Å². The molecule has 114 valence electrons. The first kappa shape index (κ1) is 24.8. The van der Waals surface area contributed by atoms with Crippen LogP contribution in [0, 0.1) is 0 Å². The molecule has 0 aliphatic carbocycles. The number of halogens is 2. The van der Waals surface area contributed by atoms with Crippen molar-refractivity contribution in [2.24, 2.45) is 0 Å². The molecule has 18 heavy (non-hydrogen) atoms. The summed E-state index contributed by atoms with van der Waals surface area (Å²) in [6.45, 7) is 13.1. The molecule has 4 heteroatoms. The lowest BCUT2D eigenvalue weighted by Crippen LogP contribution is -3.00. The summed E-state index contributed by atoms with van der Waals surface area (Å²) in [5.41, 5.74) is 0. The van der Waals surface area contributed by atoms with Crippen molar-refractivity contribution in [3.63, 3.8) is 0 Å². The SMILES string of the molecule is CC[S+](C)CCCC[N+](C)(C(C)C)C(C)C.[I-].[I-]. The summed E-state index contributed by atoms with van der Waals surface area (Å²) in [6, 6.07) is 1.48. The lowest BCUT2D eigenvalue weighted by molar-refractivity contribution is -0.949. The second-order valence-electron chi connectivity index (χ2n) is 5.74. The fourth-order valence-electron chi connectivity index (χ4n) is 2.06. The minimum atomic E-state index is 0. The van der Waals surface area contributed by atoms with E-state index < -0.39 is 0 Å².